The summed E-state index contributed by atoms with van der Waals surface area (Å²) in [4.78, 5) is 11.0. The minimum Gasteiger partial charge on any atom is -0.503 e. The number of carbonyl (C=O) groups is 1. The first-order valence-corrected chi connectivity index (χ1v) is 12.5. The molecule has 1 atom stereocenters. The van der Waals surface area contributed by atoms with Gasteiger partial charge in [-0.05, 0) is 66.3 Å². The van der Waals surface area contributed by atoms with Crippen LogP contribution in [0.5, 0.6) is 11.5 Å². The topological polar surface area (TPSA) is 84.6 Å². The monoisotopic (exact) mass is 524 g/mol. The number of halogens is 3. The SMILES string of the molecule is C[C@@H](CC(=O)O)c1ccc(OCc2cc(F)c3c(-c4cc(F)c(O)c(F)c4)nn(C4CCCC4)c3c2)cc1. The average Bonchev–Trinajstić information content (AvgIpc) is 3.54. The van der Waals surface area contributed by atoms with Gasteiger partial charge in [-0.2, -0.15) is 5.10 Å². The molecule has 9 heteroatoms. The van der Waals surface area contributed by atoms with E-state index in [4.69, 9.17) is 9.84 Å². The predicted octanol–water partition coefficient (Wildman–Crippen LogP) is 7.10. The molecule has 0 radical (unpaired) electrons. The Labute approximate surface area is 217 Å². The molecule has 1 aliphatic rings. The number of carboxylic acids is 1. The number of aliphatic carboxylic acids is 1. The smallest absolute Gasteiger partial charge is 0.303 e. The Morgan fingerprint density at radius 3 is 2.34 bits per heavy atom. The Bertz CT molecular complexity index is 1470. The Morgan fingerprint density at radius 1 is 1.05 bits per heavy atom. The van der Waals surface area contributed by atoms with Crippen molar-refractivity contribution in [2.45, 2.75) is 57.6 Å². The van der Waals surface area contributed by atoms with Crippen LogP contribution in [0.3, 0.4) is 0 Å². The summed E-state index contributed by atoms with van der Waals surface area (Å²) in [5.41, 5.74) is 2.10. The van der Waals surface area contributed by atoms with Crippen LogP contribution in [0.15, 0.2) is 48.5 Å². The molecule has 2 N–H and O–H groups in total. The minimum atomic E-state index is -1.14. The molecule has 38 heavy (non-hydrogen) atoms. The molecule has 1 saturated carbocycles. The lowest BCUT2D eigenvalue weighted by Gasteiger charge is -2.13. The van der Waals surface area contributed by atoms with Crippen molar-refractivity contribution in [3.05, 3.63) is 77.1 Å². The van der Waals surface area contributed by atoms with Gasteiger partial charge in [0.1, 0.15) is 23.9 Å². The van der Waals surface area contributed by atoms with Crippen molar-refractivity contribution in [1.29, 1.82) is 0 Å². The number of hydrogen-bond acceptors (Lipinski definition) is 4. The third-order valence-electron chi connectivity index (χ3n) is 7.12. The molecular weight excluding hydrogens is 497 g/mol. The number of phenols is 1. The highest BCUT2D eigenvalue weighted by atomic mass is 19.1. The summed E-state index contributed by atoms with van der Waals surface area (Å²) >= 11 is 0. The standard InChI is InChI=1S/C29H27F3N2O4/c1-16(10-26(35)36)18-6-8-21(9-7-18)38-15-17-11-22(30)27-25(12-17)34(20-4-2-3-5-20)33-28(27)19-13-23(31)29(37)24(32)14-19/h6-9,11-14,16,20,37H,2-5,10,15H2,1H3,(H,35,36)/t16-/m0/s1. The fraction of sp³-hybridized carbons (Fsp3) is 0.310. The maximum Gasteiger partial charge on any atom is 0.303 e. The van der Waals surface area contributed by atoms with E-state index in [1.807, 2.05) is 19.1 Å². The quantitative estimate of drug-likeness (QED) is 0.257. The molecule has 0 amide bonds. The zero-order valence-corrected chi connectivity index (χ0v) is 20.8. The zero-order valence-electron chi connectivity index (χ0n) is 20.8. The first kappa shape index (κ1) is 25.6. The van der Waals surface area contributed by atoms with Gasteiger partial charge in [0.2, 0.25) is 0 Å². The van der Waals surface area contributed by atoms with Gasteiger partial charge in [0.25, 0.3) is 0 Å². The number of nitrogens with zero attached hydrogens (tertiary/aromatic N) is 2. The molecule has 3 aromatic carbocycles. The van der Waals surface area contributed by atoms with E-state index in [0.717, 1.165) is 43.4 Å². The van der Waals surface area contributed by atoms with Crippen molar-refractivity contribution < 1.29 is 32.9 Å². The fourth-order valence-electron chi connectivity index (χ4n) is 5.13. The Morgan fingerprint density at radius 2 is 1.71 bits per heavy atom. The third kappa shape index (κ3) is 5.05. The summed E-state index contributed by atoms with van der Waals surface area (Å²) in [6, 6.07) is 12.2. The van der Waals surface area contributed by atoms with Gasteiger partial charge in [0.05, 0.1) is 23.4 Å². The number of rotatable bonds is 8. The lowest BCUT2D eigenvalue weighted by Crippen LogP contribution is -2.07. The van der Waals surface area contributed by atoms with E-state index in [2.05, 4.69) is 5.10 Å². The maximum absolute atomic E-state index is 15.6. The molecule has 1 fully saturated rings. The molecule has 1 heterocycles. The van der Waals surface area contributed by atoms with Gasteiger partial charge >= 0.3 is 5.97 Å². The number of benzene rings is 3. The second-order valence-electron chi connectivity index (χ2n) is 9.85. The highest BCUT2D eigenvalue weighted by molar-refractivity contribution is 5.94. The van der Waals surface area contributed by atoms with Crippen LogP contribution >= 0.6 is 0 Å². The Balaban J connectivity index is 1.47. The molecule has 6 nitrogen and oxygen atoms in total. The van der Waals surface area contributed by atoms with Crippen LogP contribution < -0.4 is 4.74 Å². The summed E-state index contributed by atoms with van der Waals surface area (Å²) in [7, 11) is 0. The summed E-state index contributed by atoms with van der Waals surface area (Å²) in [6.07, 6.45) is 3.78. The van der Waals surface area contributed by atoms with E-state index < -0.39 is 29.2 Å². The molecule has 0 spiro atoms. The molecule has 0 unspecified atom stereocenters. The number of hydrogen-bond donors (Lipinski definition) is 2. The first-order chi connectivity index (χ1) is 18.2. The molecule has 0 saturated heterocycles. The normalized spacial score (nSPS) is 14.7. The molecule has 4 aromatic rings. The fourth-order valence-corrected chi connectivity index (χ4v) is 5.13. The molecule has 0 bridgehead atoms. The molecule has 1 aromatic heterocycles. The van der Waals surface area contributed by atoms with E-state index in [-0.39, 0.29) is 41.6 Å². The number of aromatic hydroxyl groups is 1. The number of fused-ring (bicyclic) bond motifs is 1. The summed E-state index contributed by atoms with van der Waals surface area (Å²) in [6.45, 7) is 1.91. The van der Waals surface area contributed by atoms with Gasteiger partial charge in [-0.1, -0.05) is 31.9 Å². The molecule has 0 aliphatic heterocycles. The lowest BCUT2D eigenvalue weighted by atomic mass is 9.98. The van der Waals surface area contributed by atoms with E-state index in [1.165, 1.54) is 6.07 Å². The van der Waals surface area contributed by atoms with Crippen LogP contribution in [0, 0.1) is 17.5 Å². The van der Waals surface area contributed by atoms with Crippen molar-refractivity contribution in [1.82, 2.24) is 9.78 Å². The van der Waals surface area contributed by atoms with E-state index in [0.29, 0.717) is 16.8 Å². The van der Waals surface area contributed by atoms with Crippen LogP contribution in [0.1, 0.15) is 62.1 Å². The van der Waals surface area contributed by atoms with E-state index >= 15 is 4.39 Å². The highest BCUT2D eigenvalue weighted by Crippen LogP contribution is 2.38. The van der Waals surface area contributed by atoms with Crippen molar-refractivity contribution in [3.8, 4) is 22.8 Å². The summed E-state index contributed by atoms with van der Waals surface area (Å²) in [5, 5.41) is 23.2. The van der Waals surface area contributed by atoms with Crippen LogP contribution in [0.25, 0.3) is 22.2 Å². The second kappa shape index (κ2) is 10.4. The number of ether oxygens (including phenoxy) is 1. The number of phenolic OH excluding ortho intramolecular Hbond substituents is 1. The van der Waals surface area contributed by atoms with Gasteiger partial charge in [-0.3, -0.25) is 9.48 Å². The maximum atomic E-state index is 15.6. The van der Waals surface area contributed by atoms with Gasteiger partial charge < -0.3 is 14.9 Å². The van der Waals surface area contributed by atoms with Crippen molar-refractivity contribution in [3.63, 3.8) is 0 Å². The predicted molar refractivity (Wildman–Crippen MR) is 136 cm³/mol. The van der Waals surface area contributed by atoms with Gasteiger partial charge in [0, 0.05) is 5.56 Å². The van der Waals surface area contributed by atoms with E-state index in [9.17, 15) is 18.7 Å². The molecule has 5 rings (SSSR count). The largest absolute Gasteiger partial charge is 0.503 e. The molecule has 198 valence electrons. The Hall–Kier alpha value is -4.01. The molecule has 1 aliphatic carbocycles. The first-order valence-electron chi connectivity index (χ1n) is 12.5. The van der Waals surface area contributed by atoms with Crippen molar-refractivity contribution >= 4 is 16.9 Å². The van der Waals surface area contributed by atoms with Gasteiger partial charge in [-0.25, -0.2) is 13.2 Å². The van der Waals surface area contributed by atoms with Gasteiger partial charge in [-0.15, -0.1) is 0 Å². The molecular formula is C29H27F3N2O4. The third-order valence-corrected chi connectivity index (χ3v) is 7.12. The number of carboxylic acid groups (broad SMARTS) is 1. The minimum absolute atomic E-state index is 0.0274. The number of aromatic nitrogens is 2. The van der Waals surface area contributed by atoms with Crippen molar-refractivity contribution in [2.24, 2.45) is 0 Å². The zero-order chi connectivity index (χ0) is 27.0. The van der Waals surface area contributed by atoms with E-state index in [1.54, 1.807) is 22.9 Å². The van der Waals surface area contributed by atoms with Gasteiger partial charge in [0.15, 0.2) is 17.4 Å². The Kier molecular flexibility index (Phi) is 7.01. The van der Waals surface area contributed by atoms with Crippen LogP contribution in [-0.2, 0) is 11.4 Å². The van der Waals surface area contributed by atoms with Crippen LogP contribution in [0.4, 0.5) is 13.2 Å². The van der Waals surface area contributed by atoms with Crippen LogP contribution in [0.2, 0.25) is 0 Å². The summed E-state index contributed by atoms with van der Waals surface area (Å²) < 4.78 is 51.4. The lowest BCUT2D eigenvalue weighted by molar-refractivity contribution is -0.137. The van der Waals surface area contributed by atoms with Crippen LogP contribution in [-0.4, -0.2) is 26.0 Å². The second-order valence-corrected chi connectivity index (χ2v) is 9.85. The highest BCUT2D eigenvalue weighted by Gasteiger charge is 2.25. The average molecular weight is 525 g/mol. The van der Waals surface area contributed by atoms with Crippen molar-refractivity contribution in [2.75, 3.05) is 0 Å². The summed E-state index contributed by atoms with van der Waals surface area (Å²) in [5.74, 6) is -4.41.